The lowest BCUT2D eigenvalue weighted by Gasteiger charge is -2.58. The van der Waals surface area contributed by atoms with Crippen LogP contribution in [0.15, 0.2) is 18.2 Å². The van der Waals surface area contributed by atoms with Crippen LogP contribution in [0.3, 0.4) is 0 Å². The third-order valence-electron chi connectivity index (χ3n) is 6.41. The summed E-state index contributed by atoms with van der Waals surface area (Å²) in [5.41, 5.74) is 0.0834. The van der Waals surface area contributed by atoms with Crippen molar-refractivity contribution in [2.75, 3.05) is 18.7 Å². The van der Waals surface area contributed by atoms with Crippen LogP contribution in [0, 0.1) is 17.3 Å². The second kappa shape index (κ2) is 6.03. The van der Waals surface area contributed by atoms with Crippen LogP contribution in [0.4, 0.5) is 5.69 Å². The van der Waals surface area contributed by atoms with Crippen molar-refractivity contribution in [3.05, 3.63) is 18.2 Å². The van der Waals surface area contributed by atoms with E-state index in [1.165, 1.54) is 6.42 Å². The highest BCUT2D eigenvalue weighted by Gasteiger charge is 2.60. The van der Waals surface area contributed by atoms with E-state index in [1.54, 1.807) is 18.2 Å². The number of carbonyl (C=O) groups excluding carboxylic acids is 2. The van der Waals surface area contributed by atoms with Crippen LogP contribution >= 0.6 is 11.6 Å². The van der Waals surface area contributed by atoms with Crippen molar-refractivity contribution in [2.45, 2.75) is 43.4 Å². The van der Waals surface area contributed by atoms with Gasteiger partial charge in [0, 0.05) is 16.6 Å². The molecule has 0 saturated heterocycles. The number of rotatable bonds is 4. The first-order valence-corrected chi connectivity index (χ1v) is 9.87. The molecule has 1 aromatic carbocycles. The highest BCUT2D eigenvalue weighted by Crippen LogP contribution is 2.64. The summed E-state index contributed by atoms with van der Waals surface area (Å²) in [6.07, 6.45) is 5.56. The van der Waals surface area contributed by atoms with Gasteiger partial charge in [-0.2, -0.15) is 0 Å². The molecule has 0 unspecified atom stereocenters. The van der Waals surface area contributed by atoms with Gasteiger partial charge in [0.1, 0.15) is 0 Å². The molecular formula is C20H22ClNO5. The second-order valence-electron chi connectivity index (χ2n) is 8.58. The maximum Gasteiger partial charge on any atom is 0.312 e. The summed E-state index contributed by atoms with van der Waals surface area (Å²) in [6, 6.07) is 5.15. The fourth-order valence-electron chi connectivity index (χ4n) is 5.85. The SMILES string of the molecule is O=C(COC(=O)C12C[C@H]3C[C@@H](CC(Cl)(C3)C1)C2)Nc1ccc2c(c1)OCO2. The van der Waals surface area contributed by atoms with Crippen molar-refractivity contribution in [1.82, 2.24) is 0 Å². The van der Waals surface area contributed by atoms with Gasteiger partial charge in [0.2, 0.25) is 6.79 Å². The molecule has 1 aromatic rings. The number of alkyl halides is 1. The standard InChI is InChI=1S/C20H22ClNO5/c21-20-7-12-3-13(8-20)6-19(5-12,10-20)18(24)25-9-17(23)22-14-1-2-15-16(4-14)27-11-26-15/h1-2,4,12-13H,3,5-11H2,(H,22,23)/t12-,13-,19?,20?/m1/s1. The molecule has 5 aliphatic rings. The molecule has 0 radical (unpaired) electrons. The number of fused-ring (bicyclic) bond motifs is 1. The molecule has 1 N–H and O–H groups in total. The molecule has 1 amide bonds. The summed E-state index contributed by atoms with van der Waals surface area (Å²) in [5.74, 6) is 1.63. The van der Waals surface area contributed by atoms with Crippen molar-refractivity contribution >= 4 is 29.2 Å². The first-order chi connectivity index (χ1) is 12.9. The van der Waals surface area contributed by atoms with E-state index in [9.17, 15) is 9.59 Å². The summed E-state index contributed by atoms with van der Waals surface area (Å²) >= 11 is 6.77. The third-order valence-corrected chi connectivity index (χ3v) is 6.86. The number of ether oxygens (including phenoxy) is 3. The molecule has 4 aliphatic carbocycles. The highest BCUT2D eigenvalue weighted by atomic mass is 35.5. The molecule has 27 heavy (non-hydrogen) atoms. The van der Waals surface area contributed by atoms with Crippen LogP contribution in [-0.4, -0.2) is 30.2 Å². The first-order valence-electron chi connectivity index (χ1n) is 9.49. The third kappa shape index (κ3) is 3.04. The van der Waals surface area contributed by atoms with E-state index in [-0.39, 0.29) is 30.2 Å². The molecule has 2 atom stereocenters. The number of hydrogen-bond donors (Lipinski definition) is 1. The van der Waals surface area contributed by atoms with Gasteiger partial charge in [0.15, 0.2) is 18.1 Å². The smallest absolute Gasteiger partial charge is 0.312 e. The molecule has 6 nitrogen and oxygen atoms in total. The van der Waals surface area contributed by atoms with Gasteiger partial charge in [-0.15, -0.1) is 11.6 Å². The van der Waals surface area contributed by atoms with Crippen LogP contribution < -0.4 is 14.8 Å². The van der Waals surface area contributed by atoms with Gasteiger partial charge in [-0.05, 0) is 62.5 Å². The van der Waals surface area contributed by atoms with Crippen molar-refractivity contribution < 1.29 is 23.8 Å². The number of esters is 1. The number of amides is 1. The Morgan fingerprint density at radius 2 is 1.89 bits per heavy atom. The molecule has 4 fully saturated rings. The molecule has 1 aliphatic heterocycles. The average molecular weight is 392 g/mol. The predicted molar refractivity (Wildman–Crippen MR) is 97.9 cm³/mol. The summed E-state index contributed by atoms with van der Waals surface area (Å²) in [4.78, 5) is 24.8. The van der Waals surface area contributed by atoms with Gasteiger partial charge in [0.05, 0.1) is 5.41 Å². The monoisotopic (exact) mass is 391 g/mol. The van der Waals surface area contributed by atoms with E-state index in [0.717, 1.165) is 25.7 Å². The average Bonchev–Trinajstić information content (AvgIpc) is 3.05. The van der Waals surface area contributed by atoms with Crippen LogP contribution in [0.2, 0.25) is 0 Å². The highest BCUT2D eigenvalue weighted by molar-refractivity contribution is 6.24. The minimum atomic E-state index is -0.495. The minimum absolute atomic E-state index is 0.177. The van der Waals surface area contributed by atoms with Crippen LogP contribution in [0.1, 0.15) is 38.5 Å². The number of nitrogens with one attached hydrogen (secondary N) is 1. The van der Waals surface area contributed by atoms with Gasteiger partial charge in [-0.1, -0.05) is 0 Å². The summed E-state index contributed by atoms with van der Waals surface area (Å²) in [5, 5.41) is 2.73. The zero-order valence-electron chi connectivity index (χ0n) is 15.0. The molecule has 1 heterocycles. The Bertz CT molecular complexity index is 796. The van der Waals surface area contributed by atoms with Crippen LogP contribution in [-0.2, 0) is 14.3 Å². The molecule has 4 saturated carbocycles. The van der Waals surface area contributed by atoms with Crippen LogP contribution in [0.5, 0.6) is 11.5 Å². The molecule has 6 rings (SSSR count). The minimum Gasteiger partial charge on any atom is -0.455 e. The number of anilines is 1. The molecule has 7 heteroatoms. The Labute approximate surface area is 162 Å². The van der Waals surface area contributed by atoms with Gasteiger partial charge in [-0.25, -0.2) is 0 Å². The van der Waals surface area contributed by atoms with Crippen molar-refractivity contribution in [3.63, 3.8) is 0 Å². The summed E-state index contributed by atoms with van der Waals surface area (Å²) < 4.78 is 16.0. The van der Waals surface area contributed by atoms with E-state index < -0.39 is 5.41 Å². The Morgan fingerprint density at radius 3 is 2.63 bits per heavy atom. The lowest BCUT2D eigenvalue weighted by atomic mass is 9.49. The Morgan fingerprint density at radius 1 is 1.15 bits per heavy atom. The normalized spacial score (nSPS) is 35.1. The summed E-state index contributed by atoms with van der Waals surface area (Å²) in [7, 11) is 0. The Balaban J connectivity index is 1.20. The van der Waals surface area contributed by atoms with Crippen LogP contribution in [0.25, 0.3) is 0 Å². The molecule has 0 spiro atoms. The van der Waals surface area contributed by atoms with E-state index in [2.05, 4.69) is 5.32 Å². The quantitative estimate of drug-likeness (QED) is 0.628. The fourth-order valence-corrected chi connectivity index (χ4v) is 6.54. The number of hydrogen-bond acceptors (Lipinski definition) is 5. The lowest BCUT2D eigenvalue weighted by Crippen LogP contribution is -2.56. The molecule has 144 valence electrons. The predicted octanol–water partition coefficient (Wildman–Crippen LogP) is 3.47. The number of halogens is 1. The Kier molecular flexibility index (Phi) is 3.83. The maximum atomic E-state index is 12.9. The van der Waals surface area contributed by atoms with E-state index in [4.69, 9.17) is 25.8 Å². The number of benzene rings is 1. The zero-order chi connectivity index (χ0) is 18.6. The molecule has 4 bridgehead atoms. The van der Waals surface area contributed by atoms with Gasteiger partial charge in [-0.3, -0.25) is 9.59 Å². The topological polar surface area (TPSA) is 73.9 Å². The van der Waals surface area contributed by atoms with E-state index in [1.807, 2.05) is 0 Å². The first kappa shape index (κ1) is 17.2. The van der Waals surface area contributed by atoms with E-state index >= 15 is 0 Å². The second-order valence-corrected chi connectivity index (χ2v) is 9.39. The summed E-state index contributed by atoms with van der Waals surface area (Å²) in [6.45, 7) is -0.115. The van der Waals surface area contributed by atoms with Crippen molar-refractivity contribution in [2.24, 2.45) is 17.3 Å². The largest absolute Gasteiger partial charge is 0.455 e. The Hall–Kier alpha value is -1.95. The number of carbonyl (C=O) groups is 2. The van der Waals surface area contributed by atoms with Crippen molar-refractivity contribution in [1.29, 1.82) is 0 Å². The van der Waals surface area contributed by atoms with Gasteiger partial charge in [0.25, 0.3) is 5.91 Å². The lowest BCUT2D eigenvalue weighted by molar-refractivity contribution is -0.171. The zero-order valence-corrected chi connectivity index (χ0v) is 15.7. The van der Waals surface area contributed by atoms with Crippen molar-refractivity contribution in [3.8, 4) is 11.5 Å². The van der Waals surface area contributed by atoms with Gasteiger partial charge >= 0.3 is 5.97 Å². The molecule has 0 aromatic heterocycles. The fraction of sp³-hybridized carbons (Fsp3) is 0.600. The van der Waals surface area contributed by atoms with Gasteiger partial charge < -0.3 is 19.5 Å². The molecular weight excluding hydrogens is 370 g/mol. The van der Waals surface area contributed by atoms with E-state index in [0.29, 0.717) is 35.4 Å². The maximum absolute atomic E-state index is 12.9.